The van der Waals surface area contributed by atoms with Gasteiger partial charge in [0, 0.05) is 22.5 Å². The van der Waals surface area contributed by atoms with Crippen LogP contribution in [0.1, 0.15) is 58.4 Å². The van der Waals surface area contributed by atoms with E-state index in [0.717, 1.165) is 11.4 Å². The second kappa shape index (κ2) is 16.4. The number of hydrogen-bond acceptors (Lipinski definition) is 1. The molecule has 14 rings (SSSR count). The molecule has 0 aromatic heterocycles. The predicted molar refractivity (Wildman–Crippen MR) is 309 cm³/mol. The Morgan fingerprint density at radius 1 is 0.274 bits per heavy atom. The third-order valence-corrected chi connectivity index (χ3v) is 16.4. The van der Waals surface area contributed by atoms with E-state index in [1.807, 2.05) is 0 Å². The van der Waals surface area contributed by atoms with Crippen LogP contribution in [0.15, 0.2) is 249 Å². The summed E-state index contributed by atoms with van der Waals surface area (Å²) in [7, 11) is 0. The minimum Gasteiger partial charge on any atom is -0.310 e. The van der Waals surface area contributed by atoms with E-state index in [1.54, 1.807) is 0 Å². The van der Waals surface area contributed by atoms with Crippen molar-refractivity contribution in [2.24, 2.45) is 0 Å². The van der Waals surface area contributed by atoms with Crippen molar-refractivity contribution in [1.82, 2.24) is 0 Å². The Kier molecular flexibility index (Phi) is 9.66. The second-order valence-corrected chi connectivity index (χ2v) is 21.0. The lowest BCUT2D eigenvalue weighted by Crippen LogP contribution is -2.28. The van der Waals surface area contributed by atoms with Crippen molar-refractivity contribution in [2.75, 3.05) is 4.90 Å². The van der Waals surface area contributed by atoms with E-state index in [0.29, 0.717) is 0 Å². The maximum absolute atomic E-state index is 2.51. The predicted octanol–water partition coefficient (Wildman–Crippen LogP) is 19.2. The van der Waals surface area contributed by atoms with Crippen molar-refractivity contribution in [3.63, 3.8) is 0 Å². The molecule has 0 bridgehead atoms. The van der Waals surface area contributed by atoms with E-state index in [4.69, 9.17) is 0 Å². The lowest BCUT2D eigenvalue weighted by molar-refractivity contribution is 0.660. The molecule has 0 amide bonds. The fourth-order valence-corrected chi connectivity index (χ4v) is 13.1. The molecule has 1 nitrogen and oxygen atoms in total. The first kappa shape index (κ1) is 43.0. The average Bonchev–Trinajstić information content (AvgIpc) is 3.86. The van der Waals surface area contributed by atoms with Gasteiger partial charge in [-0.1, -0.05) is 202 Å². The zero-order chi connectivity index (χ0) is 49.0. The minimum absolute atomic E-state index is 0.231. The molecular weight excluding hydrogens is 879 g/mol. The van der Waals surface area contributed by atoms with E-state index in [2.05, 4.69) is 281 Å². The number of anilines is 3. The Morgan fingerprint density at radius 3 is 1.25 bits per heavy atom. The molecule has 2 aliphatic carbocycles. The fourth-order valence-electron chi connectivity index (χ4n) is 13.1. The third kappa shape index (κ3) is 6.48. The molecule has 0 N–H and O–H groups in total. The van der Waals surface area contributed by atoms with Crippen LogP contribution in [0.2, 0.25) is 0 Å². The highest BCUT2D eigenvalue weighted by atomic mass is 15.1. The molecule has 2 aliphatic rings. The summed E-state index contributed by atoms with van der Waals surface area (Å²) >= 11 is 0. The number of nitrogens with zero attached hydrogens (tertiary/aromatic N) is 1. The molecule has 12 aromatic carbocycles. The molecule has 1 heteroatoms. The monoisotopic (exact) mass is 931 g/mol. The Balaban J connectivity index is 0.920. The number of aryl methyl sites for hydroxylation is 2. The Morgan fingerprint density at radius 2 is 0.699 bits per heavy atom. The number of benzene rings is 12. The minimum atomic E-state index is -0.476. The maximum Gasteiger partial charge on any atom is 0.0713 e. The second-order valence-electron chi connectivity index (χ2n) is 21.0. The number of hydrogen-bond donors (Lipinski definition) is 0. The molecule has 0 heterocycles. The van der Waals surface area contributed by atoms with Gasteiger partial charge in [-0.25, -0.2) is 0 Å². The van der Waals surface area contributed by atoms with E-state index in [-0.39, 0.29) is 5.41 Å². The molecule has 12 aromatic rings. The third-order valence-electron chi connectivity index (χ3n) is 16.4. The number of fused-ring (bicyclic) bond motifs is 11. The van der Waals surface area contributed by atoms with E-state index in [1.165, 1.54) is 127 Å². The van der Waals surface area contributed by atoms with Gasteiger partial charge in [-0.05, 0) is 196 Å². The highest BCUT2D eigenvalue weighted by Gasteiger charge is 2.46. The first-order valence-electron chi connectivity index (χ1n) is 25.7. The van der Waals surface area contributed by atoms with Crippen LogP contribution in [0.25, 0.3) is 76.8 Å². The van der Waals surface area contributed by atoms with Gasteiger partial charge < -0.3 is 4.90 Å². The molecule has 0 saturated heterocycles. The zero-order valence-corrected chi connectivity index (χ0v) is 41.6. The molecule has 0 saturated carbocycles. The van der Waals surface area contributed by atoms with Crippen LogP contribution in [0.4, 0.5) is 17.1 Å². The van der Waals surface area contributed by atoms with Crippen LogP contribution in [0, 0.1) is 13.8 Å². The van der Waals surface area contributed by atoms with Crippen LogP contribution < -0.4 is 4.90 Å². The van der Waals surface area contributed by atoms with Gasteiger partial charge in [0.05, 0.1) is 5.41 Å². The van der Waals surface area contributed by atoms with Gasteiger partial charge in [0.25, 0.3) is 0 Å². The largest absolute Gasteiger partial charge is 0.310 e. The number of rotatable bonds is 7. The fraction of sp³-hybridized carbons (Fsp3) is 0.0833. The van der Waals surface area contributed by atoms with Crippen molar-refractivity contribution < 1.29 is 0 Å². The lowest BCUT2D eigenvalue weighted by atomic mass is 9.67. The van der Waals surface area contributed by atoms with Crippen LogP contribution in [0.3, 0.4) is 0 Å². The topological polar surface area (TPSA) is 3.24 Å². The van der Waals surface area contributed by atoms with Crippen LogP contribution >= 0.6 is 0 Å². The summed E-state index contributed by atoms with van der Waals surface area (Å²) < 4.78 is 0. The van der Waals surface area contributed by atoms with Gasteiger partial charge >= 0.3 is 0 Å². The summed E-state index contributed by atoms with van der Waals surface area (Å²) in [5, 5.41) is 7.57. The van der Waals surface area contributed by atoms with Crippen molar-refractivity contribution in [3.05, 3.63) is 293 Å². The molecule has 0 fully saturated rings. The van der Waals surface area contributed by atoms with Crippen molar-refractivity contribution in [3.8, 4) is 44.5 Å². The Hall–Kier alpha value is -8.78. The Labute approximate surface area is 428 Å². The highest BCUT2D eigenvalue weighted by Crippen LogP contribution is 2.58. The molecule has 0 unspecified atom stereocenters. The molecule has 346 valence electrons. The van der Waals surface area contributed by atoms with Crippen molar-refractivity contribution in [2.45, 2.75) is 38.5 Å². The summed E-state index contributed by atoms with van der Waals surface area (Å²) in [4.78, 5) is 2.41. The SMILES string of the molecule is Cc1cccc(N(c2cccc(C)c2)c2ccc3c(c2)C(C)(C)c2cc(-c4cc5c6ccccc6c(-c6ccc7c(c6)C(c6ccccc6)(c6ccccc6)c6ccccc6-7)cc5c5ccccc45)ccc2-3)c1. The summed E-state index contributed by atoms with van der Waals surface area (Å²) in [5.74, 6) is 0. The lowest BCUT2D eigenvalue weighted by Gasteiger charge is -2.34. The molecule has 0 aliphatic heterocycles. The summed E-state index contributed by atoms with van der Waals surface area (Å²) in [6.07, 6.45) is 0. The van der Waals surface area contributed by atoms with Gasteiger partial charge in [0.1, 0.15) is 0 Å². The van der Waals surface area contributed by atoms with Gasteiger partial charge in [-0.2, -0.15) is 0 Å². The van der Waals surface area contributed by atoms with E-state index >= 15 is 0 Å². The van der Waals surface area contributed by atoms with Gasteiger partial charge in [0.2, 0.25) is 0 Å². The molecule has 73 heavy (non-hydrogen) atoms. The molecular formula is C72H53N. The van der Waals surface area contributed by atoms with Gasteiger partial charge in [-0.3, -0.25) is 0 Å². The normalized spacial score (nSPS) is 13.7. The van der Waals surface area contributed by atoms with E-state index in [9.17, 15) is 0 Å². The zero-order valence-electron chi connectivity index (χ0n) is 41.6. The summed E-state index contributed by atoms with van der Waals surface area (Å²) in [5.41, 5.74) is 23.4. The maximum atomic E-state index is 2.51. The first-order chi connectivity index (χ1) is 35.8. The van der Waals surface area contributed by atoms with Gasteiger partial charge in [0.15, 0.2) is 0 Å². The quantitative estimate of drug-likeness (QED) is 0.144. The highest BCUT2D eigenvalue weighted by molar-refractivity contribution is 6.24. The molecule has 0 radical (unpaired) electrons. The van der Waals surface area contributed by atoms with Crippen LogP contribution in [-0.4, -0.2) is 0 Å². The molecule has 0 spiro atoms. The smallest absolute Gasteiger partial charge is 0.0713 e. The average molecular weight is 932 g/mol. The summed E-state index contributed by atoms with van der Waals surface area (Å²) in [6.45, 7) is 9.16. The van der Waals surface area contributed by atoms with E-state index < -0.39 is 5.41 Å². The molecule has 0 atom stereocenters. The van der Waals surface area contributed by atoms with Crippen LogP contribution in [0.5, 0.6) is 0 Å². The van der Waals surface area contributed by atoms with Crippen LogP contribution in [-0.2, 0) is 10.8 Å². The first-order valence-corrected chi connectivity index (χ1v) is 25.7. The van der Waals surface area contributed by atoms with Gasteiger partial charge in [-0.15, -0.1) is 0 Å². The Bertz CT molecular complexity index is 4110. The van der Waals surface area contributed by atoms with Crippen molar-refractivity contribution in [1.29, 1.82) is 0 Å². The summed E-state index contributed by atoms with van der Waals surface area (Å²) in [6, 6.07) is 93.7. The standard InChI is InChI=1S/C72H53N/c1-46-19-17-25-52(39-46)73(53-26-18-20-47(2)40-53)54-35-38-61-60-36-33-48(41-68(60)71(3,4)69(61)43-54)63-44-65-58-30-14-12-28-56(58)64(45-66(65)57-29-13-11-27-55(57)63)49-34-37-62-59-31-15-16-32-67(59)72(70(62)42-49,50-21-7-5-8-22-50)51-23-9-6-10-24-51/h5-45H,1-4H3. The van der Waals surface area contributed by atoms with Crippen molar-refractivity contribution >= 4 is 49.4 Å².